The largest absolute Gasteiger partial charge is 0.356 e. The van der Waals surface area contributed by atoms with Crippen molar-refractivity contribution in [1.82, 2.24) is 21.3 Å². The Labute approximate surface area is 99.1 Å². The Bertz CT molecular complexity index is 376. The number of carbonyl (C=O) groups excluding carboxylic acids is 2. The van der Waals surface area contributed by atoms with Crippen LogP contribution in [-0.4, -0.2) is 35.0 Å². The summed E-state index contributed by atoms with van der Waals surface area (Å²) in [6, 6.07) is -1.05. The Morgan fingerprint density at radius 1 is 1.65 bits per heavy atom. The molecular weight excluding hydrogens is 224 g/mol. The Balaban J connectivity index is 2.46. The number of rotatable bonds is 3. The second kappa shape index (κ2) is 5.83. The third kappa shape index (κ3) is 4.09. The number of hydrazone groups is 2. The molecule has 0 atom stereocenters. The van der Waals surface area contributed by atoms with Crippen LogP contribution in [-0.2, 0) is 0 Å². The number of hydrazine groups is 1. The lowest BCUT2D eigenvalue weighted by Gasteiger charge is -2.25. The van der Waals surface area contributed by atoms with E-state index in [1.54, 1.807) is 13.8 Å². The molecule has 0 bridgehead atoms. The van der Waals surface area contributed by atoms with Crippen LogP contribution in [0, 0.1) is 0 Å². The lowest BCUT2D eigenvalue weighted by molar-refractivity contribution is 0.173. The van der Waals surface area contributed by atoms with Crippen LogP contribution in [0.4, 0.5) is 9.59 Å². The van der Waals surface area contributed by atoms with Crippen molar-refractivity contribution >= 4 is 23.5 Å². The first-order valence-electron chi connectivity index (χ1n) is 5.23. The van der Waals surface area contributed by atoms with Crippen molar-refractivity contribution in [3.63, 3.8) is 0 Å². The fourth-order valence-electron chi connectivity index (χ4n) is 1.00. The van der Waals surface area contributed by atoms with Crippen molar-refractivity contribution in [2.75, 3.05) is 6.54 Å². The summed E-state index contributed by atoms with van der Waals surface area (Å²) in [6.07, 6.45) is 0.746. The number of carbonyl (C=O) groups is 2. The summed E-state index contributed by atoms with van der Waals surface area (Å²) >= 11 is 0. The summed E-state index contributed by atoms with van der Waals surface area (Å²) in [5.74, 6) is 0. The zero-order valence-corrected chi connectivity index (χ0v) is 10.1. The molecule has 0 spiro atoms. The van der Waals surface area contributed by atoms with Crippen molar-refractivity contribution in [3.05, 3.63) is 0 Å². The van der Waals surface area contributed by atoms with Gasteiger partial charge in [-0.1, -0.05) is 6.92 Å². The number of amides is 4. The van der Waals surface area contributed by atoms with Crippen molar-refractivity contribution in [3.8, 4) is 0 Å². The number of nitrogens with zero attached hydrogens (tertiary/aromatic N) is 3. The van der Waals surface area contributed by atoms with Gasteiger partial charge in [0.2, 0.25) is 0 Å². The molecule has 4 amide bonds. The molecule has 0 aromatic rings. The van der Waals surface area contributed by atoms with Crippen LogP contribution in [0.1, 0.15) is 27.2 Å². The van der Waals surface area contributed by atoms with Gasteiger partial charge in [0.15, 0.2) is 0 Å². The molecule has 1 aliphatic rings. The van der Waals surface area contributed by atoms with Crippen LogP contribution in [0.2, 0.25) is 0 Å². The Kier molecular flexibility index (Phi) is 4.44. The zero-order valence-electron chi connectivity index (χ0n) is 10.1. The van der Waals surface area contributed by atoms with E-state index in [9.17, 15) is 9.59 Å². The molecular formula is C9H16N6O2. The van der Waals surface area contributed by atoms with E-state index in [1.807, 2.05) is 6.92 Å². The molecule has 0 aromatic heterocycles. The standard InChI is InChI=1S/C9H16N6O2/c1-4-6(2)10-12-8(16)14-15-5-7(3)11-13-9(15)17/h4-5H2,1-3H3,(H,13,17)(H2,12,14,16)/b10-6+. The maximum atomic E-state index is 11.4. The molecule has 0 fully saturated rings. The molecule has 17 heavy (non-hydrogen) atoms. The lowest BCUT2D eigenvalue weighted by atomic mass is 10.3. The number of nitrogens with one attached hydrogen (secondary N) is 3. The number of hydrogen-bond donors (Lipinski definition) is 3. The van der Waals surface area contributed by atoms with Crippen molar-refractivity contribution < 1.29 is 9.59 Å². The van der Waals surface area contributed by atoms with E-state index in [1.165, 1.54) is 0 Å². The van der Waals surface area contributed by atoms with Gasteiger partial charge in [-0.05, 0) is 20.3 Å². The fraction of sp³-hybridized carbons (Fsp3) is 0.556. The molecule has 0 aromatic carbocycles. The van der Waals surface area contributed by atoms with Gasteiger partial charge in [-0.3, -0.25) is 0 Å². The van der Waals surface area contributed by atoms with Crippen molar-refractivity contribution in [1.29, 1.82) is 0 Å². The van der Waals surface area contributed by atoms with E-state index < -0.39 is 12.1 Å². The molecule has 0 unspecified atom stereocenters. The molecule has 0 radical (unpaired) electrons. The summed E-state index contributed by atoms with van der Waals surface area (Å²) in [4.78, 5) is 22.7. The molecule has 94 valence electrons. The molecule has 0 saturated carbocycles. The highest BCUT2D eigenvalue weighted by molar-refractivity contribution is 5.92. The second-order valence-electron chi connectivity index (χ2n) is 3.60. The van der Waals surface area contributed by atoms with E-state index in [-0.39, 0.29) is 6.54 Å². The molecule has 1 heterocycles. The van der Waals surface area contributed by atoms with Gasteiger partial charge in [-0.25, -0.2) is 30.9 Å². The predicted molar refractivity (Wildman–Crippen MR) is 63.4 cm³/mol. The average molecular weight is 240 g/mol. The van der Waals surface area contributed by atoms with Crippen LogP contribution in [0.3, 0.4) is 0 Å². The quantitative estimate of drug-likeness (QED) is 0.491. The summed E-state index contributed by atoms with van der Waals surface area (Å²) in [7, 11) is 0. The first-order chi connectivity index (χ1) is 8.02. The molecule has 8 heteroatoms. The molecule has 0 aliphatic carbocycles. The molecule has 0 saturated heterocycles. The van der Waals surface area contributed by atoms with Gasteiger partial charge in [0.1, 0.15) is 0 Å². The average Bonchev–Trinajstić information content (AvgIpc) is 2.30. The SMILES string of the molecule is CC/C(C)=N/NC(=O)NN1CC(C)=NNC1=O. The monoisotopic (exact) mass is 240 g/mol. The summed E-state index contributed by atoms with van der Waals surface area (Å²) in [5.41, 5.74) is 8.40. The van der Waals surface area contributed by atoms with Crippen LogP contribution in [0.15, 0.2) is 10.2 Å². The van der Waals surface area contributed by atoms with Crippen molar-refractivity contribution in [2.45, 2.75) is 27.2 Å². The minimum absolute atomic E-state index is 0.246. The first kappa shape index (κ1) is 12.9. The van der Waals surface area contributed by atoms with E-state index in [4.69, 9.17) is 0 Å². The van der Waals surface area contributed by atoms with Gasteiger partial charge < -0.3 is 0 Å². The van der Waals surface area contributed by atoms with Gasteiger partial charge in [0.05, 0.1) is 12.3 Å². The highest BCUT2D eigenvalue weighted by atomic mass is 16.2. The van der Waals surface area contributed by atoms with Gasteiger partial charge in [-0.2, -0.15) is 10.2 Å². The lowest BCUT2D eigenvalue weighted by Crippen LogP contribution is -2.56. The highest BCUT2D eigenvalue weighted by Gasteiger charge is 2.20. The smallest absolute Gasteiger partial charge is 0.245 e. The van der Waals surface area contributed by atoms with Crippen LogP contribution in [0.25, 0.3) is 0 Å². The summed E-state index contributed by atoms with van der Waals surface area (Å²) in [6.45, 7) is 5.71. The third-order valence-corrected chi connectivity index (χ3v) is 2.07. The van der Waals surface area contributed by atoms with E-state index in [2.05, 4.69) is 26.5 Å². The minimum Gasteiger partial charge on any atom is -0.245 e. The second-order valence-corrected chi connectivity index (χ2v) is 3.60. The minimum atomic E-state index is -0.567. The normalized spacial score (nSPS) is 16.2. The van der Waals surface area contributed by atoms with E-state index >= 15 is 0 Å². The van der Waals surface area contributed by atoms with Gasteiger partial charge in [-0.15, -0.1) is 0 Å². The van der Waals surface area contributed by atoms with Crippen LogP contribution >= 0.6 is 0 Å². The molecule has 3 N–H and O–H groups in total. The summed E-state index contributed by atoms with van der Waals surface area (Å²) in [5, 5.41) is 8.67. The maximum absolute atomic E-state index is 11.4. The van der Waals surface area contributed by atoms with Gasteiger partial charge in [0.25, 0.3) is 0 Å². The van der Waals surface area contributed by atoms with Crippen LogP contribution in [0.5, 0.6) is 0 Å². The Morgan fingerprint density at radius 2 is 2.35 bits per heavy atom. The number of hydrogen-bond acceptors (Lipinski definition) is 4. The molecule has 1 aliphatic heterocycles. The first-order valence-corrected chi connectivity index (χ1v) is 5.23. The molecule has 1 rings (SSSR count). The predicted octanol–water partition coefficient (Wildman–Crippen LogP) is 0.388. The zero-order chi connectivity index (χ0) is 12.8. The highest BCUT2D eigenvalue weighted by Crippen LogP contribution is 1.93. The maximum Gasteiger partial charge on any atom is 0.356 e. The Morgan fingerprint density at radius 3 is 3.00 bits per heavy atom. The van der Waals surface area contributed by atoms with Crippen molar-refractivity contribution in [2.24, 2.45) is 10.2 Å². The topological polar surface area (TPSA) is 98.2 Å². The summed E-state index contributed by atoms with van der Waals surface area (Å²) < 4.78 is 0. The van der Waals surface area contributed by atoms with Gasteiger partial charge in [0, 0.05) is 5.71 Å². The molecule has 8 nitrogen and oxygen atoms in total. The fourth-order valence-corrected chi connectivity index (χ4v) is 1.00. The Hall–Kier alpha value is -2.12. The number of urea groups is 2. The van der Waals surface area contributed by atoms with Gasteiger partial charge >= 0.3 is 12.1 Å². The van der Waals surface area contributed by atoms with Crippen LogP contribution < -0.4 is 16.3 Å². The van der Waals surface area contributed by atoms with E-state index in [0.29, 0.717) is 5.71 Å². The van der Waals surface area contributed by atoms with E-state index in [0.717, 1.165) is 17.1 Å². The third-order valence-electron chi connectivity index (χ3n) is 2.07.